The summed E-state index contributed by atoms with van der Waals surface area (Å²) >= 11 is 0. The Morgan fingerprint density at radius 2 is 2.00 bits per heavy atom. The van der Waals surface area contributed by atoms with Crippen LogP contribution in [-0.2, 0) is 9.53 Å². The van der Waals surface area contributed by atoms with Gasteiger partial charge in [-0.1, -0.05) is 13.8 Å². The van der Waals surface area contributed by atoms with Gasteiger partial charge in [-0.3, -0.25) is 4.79 Å². The molecule has 1 rings (SSSR count). The van der Waals surface area contributed by atoms with Gasteiger partial charge in [0.25, 0.3) is 0 Å². The molecule has 13 heavy (non-hydrogen) atoms. The Morgan fingerprint density at radius 1 is 1.46 bits per heavy atom. The number of carbonyl (C=O) groups excluding carboxylic acids is 1. The molecule has 0 spiro atoms. The number of nitrogens with zero attached hydrogens (tertiary/aromatic N) is 1. The second-order valence-electron chi connectivity index (χ2n) is 4.73. The molecule has 3 nitrogen and oxygen atoms in total. The zero-order valence-electron chi connectivity index (χ0n) is 9.13. The smallest absolute Gasteiger partial charge is 0.310 e. The van der Waals surface area contributed by atoms with Crippen molar-refractivity contribution >= 4 is 5.97 Å². The second kappa shape index (κ2) is 3.29. The molecule has 0 aromatic heterocycles. The van der Waals surface area contributed by atoms with E-state index in [9.17, 15) is 4.79 Å². The number of esters is 1. The van der Waals surface area contributed by atoms with Gasteiger partial charge >= 0.3 is 5.97 Å². The van der Waals surface area contributed by atoms with Crippen molar-refractivity contribution in [3.63, 3.8) is 0 Å². The number of methoxy groups -OCH3 is 1. The SMILES string of the molecule is COC(=O)C1CC(C)(C)C1N(C)C. The molecule has 1 aliphatic rings. The fourth-order valence-corrected chi connectivity index (χ4v) is 2.61. The monoisotopic (exact) mass is 185 g/mol. The van der Waals surface area contributed by atoms with E-state index in [1.165, 1.54) is 7.11 Å². The molecule has 0 heterocycles. The summed E-state index contributed by atoms with van der Waals surface area (Å²) in [6.45, 7) is 4.38. The van der Waals surface area contributed by atoms with E-state index in [4.69, 9.17) is 4.74 Å². The highest BCUT2D eigenvalue weighted by atomic mass is 16.5. The summed E-state index contributed by atoms with van der Waals surface area (Å²) in [4.78, 5) is 13.5. The van der Waals surface area contributed by atoms with E-state index in [0.29, 0.717) is 6.04 Å². The highest BCUT2D eigenvalue weighted by Gasteiger charge is 2.52. The van der Waals surface area contributed by atoms with Crippen LogP contribution in [-0.4, -0.2) is 38.1 Å². The van der Waals surface area contributed by atoms with E-state index in [2.05, 4.69) is 18.7 Å². The number of ether oxygens (including phenoxy) is 1. The van der Waals surface area contributed by atoms with Crippen molar-refractivity contribution in [1.29, 1.82) is 0 Å². The summed E-state index contributed by atoms with van der Waals surface area (Å²) in [6.07, 6.45) is 0.933. The van der Waals surface area contributed by atoms with Crippen LogP contribution in [0.1, 0.15) is 20.3 Å². The van der Waals surface area contributed by atoms with Gasteiger partial charge in [0.2, 0.25) is 0 Å². The lowest BCUT2D eigenvalue weighted by Crippen LogP contribution is -2.59. The van der Waals surface area contributed by atoms with Crippen molar-refractivity contribution in [3.8, 4) is 0 Å². The molecule has 0 amide bonds. The maximum atomic E-state index is 11.3. The normalized spacial score (nSPS) is 31.2. The molecule has 76 valence electrons. The van der Waals surface area contributed by atoms with Crippen LogP contribution in [0.4, 0.5) is 0 Å². The van der Waals surface area contributed by atoms with Crippen molar-refractivity contribution in [1.82, 2.24) is 4.90 Å². The molecule has 0 radical (unpaired) electrons. The number of hydrogen-bond acceptors (Lipinski definition) is 3. The van der Waals surface area contributed by atoms with Gasteiger partial charge in [-0.2, -0.15) is 0 Å². The molecule has 2 atom stereocenters. The Hall–Kier alpha value is -0.570. The third kappa shape index (κ3) is 1.70. The minimum absolute atomic E-state index is 0.0648. The van der Waals surface area contributed by atoms with E-state index in [1.807, 2.05) is 14.1 Å². The summed E-state index contributed by atoms with van der Waals surface area (Å²) in [5.41, 5.74) is 0.238. The summed E-state index contributed by atoms with van der Waals surface area (Å²) < 4.78 is 4.76. The van der Waals surface area contributed by atoms with Crippen LogP contribution in [0.25, 0.3) is 0 Å². The highest BCUT2D eigenvalue weighted by Crippen LogP contribution is 2.47. The van der Waals surface area contributed by atoms with Gasteiger partial charge in [0, 0.05) is 6.04 Å². The number of carbonyl (C=O) groups is 1. The zero-order valence-corrected chi connectivity index (χ0v) is 9.13. The molecule has 0 saturated heterocycles. The molecule has 0 aliphatic heterocycles. The predicted octanol–water partition coefficient (Wildman–Crippen LogP) is 1.14. The summed E-state index contributed by atoms with van der Waals surface area (Å²) in [6, 6.07) is 0.319. The number of rotatable bonds is 2. The molecular weight excluding hydrogens is 166 g/mol. The van der Waals surface area contributed by atoms with Gasteiger partial charge in [-0.15, -0.1) is 0 Å². The summed E-state index contributed by atoms with van der Waals surface area (Å²) in [5.74, 6) is -0.00646. The first-order chi connectivity index (χ1) is 5.90. The van der Waals surface area contributed by atoms with E-state index in [-0.39, 0.29) is 17.3 Å². The Morgan fingerprint density at radius 3 is 2.31 bits per heavy atom. The second-order valence-corrected chi connectivity index (χ2v) is 4.73. The van der Waals surface area contributed by atoms with E-state index in [0.717, 1.165) is 6.42 Å². The van der Waals surface area contributed by atoms with Crippen molar-refractivity contribution in [2.45, 2.75) is 26.3 Å². The Bertz CT molecular complexity index is 211. The molecule has 0 aromatic carbocycles. The van der Waals surface area contributed by atoms with Gasteiger partial charge in [-0.25, -0.2) is 0 Å². The molecule has 2 unspecified atom stereocenters. The molecule has 3 heteroatoms. The maximum Gasteiger partial charge on any atom is 0.310 e. The van der Waals surface area contributed by atoms with Gasteiger partial charge in [0.05, 0.1) is 13.0 Å². The van der Waals surface area contributed by atoms with Crippen LogP contribution in [0.2, 0.25) is 0 Å². The van der Waals surface area contributed by atoms with Crippen molar-refractivity contribution in [2.24, 2.45) is 11.3 Å². The summed E-state index contributed by atoms with van der Waals surface area (Å²) in [7, 11) is 5.49. The minimum Gasteiger partial charge on any atom is -0.469 e. The van der Waals surface area contributed by atoms with Crippen LogP contribution in [0.3, 0.4) is 0 Å². The van der Waals surface area contributed by atoms with Crippen LogP contribution >= 0.6 is 0 Å². The third-order valence-corrected chi connectivity index (χ3v) is 2.99. The predicted molar refractivity (Wildman–Crippen MR) is 51.4 cm³/mol. The average molecular weight is 185 g/mol. The molecule has 1 saturated carbocycles. The van der Waals surface area contributed by atoms with E-state index >= 15 is 0 Å². The molecule has 1 aliphatic carbocycles. The lowest BCUT2D eigenvalue weighted by atomic mass is 9.59. The minimum atomic E-state index is -0.0713. The van der Waals surface area contributed by atoms with Gasteiger partial charge < -0.3 is 9.64 Å². The fraction of sp³-hybridized carbons (Fsp3) is 0.900. The molecule has 0 aromatic rings. The van der Waals surface area contributed by atoms with Crippen LogP contribution in [0.15, 0.2) is 0 Å². The standard InChI is InChI=1S/C10H19NO2/c1-10(2)6-7(9(12)13-5)8(10)11(3)4/h7-8H,6H2,1-5H3. The van der Waals surface area contributed by atoms with E-state index in [1.54, 1.807) is 0 Å². The first-order valence-electron chi connectivity index (χ1n) is 4.64. The molecule has 1 fully saturated rings. The Kier molecular flexibility index (Phi) is 2.66. The van der Waals surface area contributed by atoms with Crippen molar-refractivity contribution in [2.75, 3.05) is 21.2 Å². The summed E-state index contributed by atoms with van der Waals surface area (Å²) in [5, 5.41) is 0. The lowest BCUT2D eigenvalue weighted by Gasteiger charge is -2.53. The lowest BCUT2D eigenvalue weighted by molar-refractivity contribution is -0.161. The van der Waals surface area contributed by atoms with Crippen LogP contribution in [0.5, 0.6) is 0 Å². The van der Waals surface area contributed by atoms with E-state index < -0.39 is 0 Å². The topological polar surface area (TPSA) is 29.5 Å². The largest absolute Gasteiger partial charge is 0.469 e. The fourth-order valence-electron chi connectivity index (χ4n) is 2.61. The van der Waals surface area contributed by atoms with Gasteiger partial charge in [0.15, 0.2) is 0 Å². The van der Waals surface area contributed by atoms with Gasteiger partial charge in [-0.05, 0) is 25.9 Å². The zero-order chi connectivity index (χ0) is 10.2. The van der Waals surface area contributed by atoms with Crippen molar-refractivity contribution < 1.29 is 9.53 Å². The Labute approximate surface area is 80.1 Å². The first-order valence-corrected chi connectivity index (χ1v) is 4.64. The average Bonchev–Trinajstić information content (AvgIpc) is 1.98. The Balaban J connectivity index is 2.68. The maximum absolute atomic E-state index is 11.3. The quantitative estimate of drug-likeness (QED) is 0.604. The molecule has 0 bridgehead atoms. The third-order valence-electron chi connectivity index (χ3n) is 2.99. The molecule has 0 N–H and O–H groups in total. The van der Waals surface area contributed by atoms with Crippen molar-refractivity contribution in [3.05, 3.63) is 0 Å². The number of hydrogen-bond donors (Lipinski definition) is 0. The van der Waals surface area contributed by atoms with Crippen LogP contribution < -0.4 is 0 Å². The highest BCUT2D eigenvalue weighted by molar-refractivity contribution is 5.74. The molecular formula is C10H19NO2. The van der Waals surface area contributed by atoms with Crippen LogP contribution in [0, 0.1) is 11.3 Å². The first kappa shape index (κ1) is 10.5. The van der Waals surface area contributed by atoms with Gasteiger partial charge in [0.1, 0.15) is 0 Å².